The molecule has 1 aromatic heterocycles. The van der Waals surface area contributed by atoms with E-state index in [1.165, 1.54) is 16.9 Å². The molecule has 1 heterocycles. The number of ether oxygens (including phenoxy) is 1. The molecule has 17 heavy (non-hydrogen) atoms. The van der Waals surface area contributed by atoms with Crippen LogP contribution in [0.15, 0.2) is 36.5 Å². The number of thiazole rings is 1. The monoisotopic (exact) mass is 248 g/mol. The first-order valence-electron chi connectivity index (χ1n) is 5.58. The van der Waals surface area contributed by atoms with E-state index in [0.29, 0.717) is 5.92 Å². The Morgan fingerprint density at radius 1 is 1.35 bits per heavy atom. The predicted octanol–water partition coefficient (Wildman–Crippen LogP) is 3.37. The standard InChI is InChI=1S/C13H16N2OS/c1-10(11-6-4-3-5-7-11)8-14-13-15-9-12(16-2)17-13/h3-7,9-10H,8H2,1-2H3,(H,14,15). The molecule has 0 aliphatic carbocycles. The molecule has 1 N–H and O–H groups in total. The zero-order chi connectivity index (χ0) is 12.1. The first-order valence-corrected chi connectivity index (χ1v) is 6.40. The second kappa shape index (κ2) is 5.68. The third-order valence-corrected chi connectivity index (χ3v) is 3.53. The van der Waals surface area contributed by atoms with Crippen molar-refractivity contribution >= 4 is 16.5 Å². The van der Waals surface area contributed by atoms with E-state index in [1.54, 1.807) is 13.3 Å². The summed E-state index contributed by atoms with van der Waals surface area (Å²) in [5.74, 6) is 0.464. The van der Waals surface area contributed by atoms with Crippen molar-refractivity contribution in [2.45, 2.75) is 12.8 Å². The molecule has 0 amide bonds. The topological polar surface area (TPSA) is 34.1 Å². The first kappa shape index (κ1) is 11.9. The van der Waals surface area contributed by atoms with Crippen LogP contribution in [0, 0.1) is 0 Å². The maximum Gasteiger partial charge on any atom is 0.195 e. The molecule has 0 saturated heterocycles. The molecular weight excluding hydrogens is 232 g/mol. The van der Waals surface area contributed by atoms with Crippen LogP contribution in [-0.4, -0.2) is 18.6 Å². The number of nitrogens with one attached hydrogen (secondary N) is 1. The van der Waals surface area contributed by atoms with Crippen LogP contribution in [0.1, 0.15) is 18.4 Å². The molecule has 1 atom stereocenters. The Kier molecular flexibility index (Phi) is 3.98. The van der Waals surface area contributed by atoms with Gasteiger partial charge in [-0.1, -0.05) is 48.6 Å². The highest BCUT2D eigenvalue weighted by Crippen LogP contribution is 2.25. The maximum absolute atomic E-state index is 5.10. The van der Waals surface area contributed by atoms with Crippen molar-refractivity contribution in [3.63, 3.8) is 0 Å². The highest BCUT2D eigenvalue weighted by Gasteiger charge is 2.06. The van der Waals surface area contributed by atoms with Gasteiger partial charge in [0.25, 0.3) is 0 Å². The van der Waals surface area contributed by atoms with Crippen LogP contribution in [-0.2, 0) is 0 Å². The summed E-state index contributed by atoms with van der Waals surface area (Å²) in [5, 5.41) is 5.07. The molecule has 90 valence electrons. The molecule has 4 heteroatoms. The van der Waals surface area contributed by atoms with E-state index in [4.69, 9.17) is 4.74 Å². The van der Waals surface area contributed by atoms with Crippen LogP contribution in [0.3, 0.4) is 0 Å². The zero-order valence-corrected chi connectivity index (χ0v) is 10.8. The minimum Gasteiger partial charge on any atom is -0.486 e. The van der Waals surface area contributed by atoms with Crippen molar-refractivity contribution in [1.82, 2.24) is 4.98 Å². The van der Waals surface area contributed by atoms with Crippen molar-refractivity contribution in [3.05, 3.63) is 42.1 Å². The summed E-state index contributed by atoms with van der Waals surface area (Å²) in [5.41, 5.74) is 1.34. The van der Waals surface area contributed by atoms with Crippen LogP contribution in [0.2, 0.25) is 0 Å². The summed E-state index contributed by atoms with van der Waals surface area (Å²) in [6.45, 7) is 3.08. The maximum atomic E-state index is 5.10. The van der Waals surface area contributed by atoms with Crippen molar-refractivity contribution in [2.75, 3.05) is 19.0 Å². The number of methoxy groups -OCH3 is 1. The molecule has 0 aliphatic heterocycles. The third-order valence-electron chi connectivity index (χ3n) is 2.61. The first-order chi connectivity index (χ1) is 8.29. The van der Waals surface area contributed by atoms with Gasteiger partial charge in [0.05, 0.1) is 13.3 Å². The fraction of sp³-hybridized carbons (Fsp3) is 0.308. The number of hydrogen-bond acceptors (Lipinski definition) is 4. The lowest BCUT2D eigenvalue weighted by Crippen LogP contribution is -2.09. The van der Waals surface area contributed by atoms with E-state index < -0.39 is 0 Å². The van der Waals surface area contributed by atoms with Gasteiger partial charge >= 0.3 is 0 Å². The largest absolute Gasteiger partial charge is 0.486 e. The highest BCUT2D eigenvalue weighted by molar-refractivity contribution is 7.17. The molecule has 2 aromatic rings. The SMILES string of the molecule is COc1cnc(NCC(C)c2ccccc2)s1. The number of nitrogens with zero attached hydrogens (tertiary/aromatic N) is 1. The summed E-state index contributed by atoms with van der Waals surface area (Å²) in [6.07, 6.45) is 1.74. The normalized spacial score (nSPS) is 12.1. The quantitative estimate of drug-likeness (QED) is 0.881. The lowest BCUT2D eigenvalue weighted by Gasteiger charge is -2.11. The minimum atomic E-state index is 0.464. The fourth-order valence-corrected chi connectivity index (χ4v) is 2.22. The molecule has 0 saturated carbocycles. The Balaban J connectivity index is 1.90. The molecular formula is C13H16N2OS. The number of aromatic nitrogens is 1. The lowest BCUT2D eigenvalue weighted by molar-refractivity contribution is 0.426. The van der Waals surface area contributed by atoms with Crippen molar-refractivity contribution in [2.24, 2.45) is 0 Å². The molecule has 0 spiro atoms. The average molecular weight is 248 g/mol. The van der Waals surface area contributed by atoms with Crippen molar-refractivity contribution in [3.8, 4) is 5.06 Å². The van der Waals surface area contributed by atoms with Crippen molar-refractivity contribution < 1.29 is 4.74 Å². The van der Waals surface area contributed by atoms with Gasteiger partial charge in [-0.3, -0.25) is 0 Å². The molecule has 1 unspecified atom stereocenters. The van der Waals surface area contributed by atoms with Crippen LogP contribution in [0.5, 0.6) is 5.06 Å². The van der Waals surface area contributed by atoms with Gasteiger partial charge in [-0.25, -0.2) is 4.98 Å². The summed E-state index contributed by atoms with van der Waals surface area (Å²) in [7, 11) is 1.66. The smallest absolute Gasteiger partial charge is 0.195 e. The predicted molar refractivity (Wildman–Crippen MR) is 72.0 cm³/mol. The van der Waals surface area contributed by atoms with Gasteiger partial charge in [-0.15, -0.1) is 0 Å². The van der Waals surface area contributed by atoms with Crippen molar-refractivity contribution in [1.29, 1.82) is 0 Å². The Morgan fingerprint density at radius 2 is 2.12 bits per heavy atom. The Bertz CT molecular complexity index is 455. The van der Waals surface area contributed by atoms with Crippen LogP contribution in [0.4, 0.5) is 5.13 Å². The molecule has 2 rings (SSSR count). The van der Waals surface area contributed by atoms with Gasteiger partial charge in [0.15, 0.2) is 10.2 Å². The van der Waals surface area contributed by atoms with E-state index in [2.05, 4.69) is 41.5 Å². The second-order valence-electron chi connectivity index (χ2n) is 3.88. The summed E-state index contributed by atoms with van der Waals surface area (Å²) in [4.78, 5) is 4.24. The average Bonchev–Trinajstić information content (AvgIpc) is 2.85. The molecule has 1 aromatic carbocycles. The number of rotatable bonds is 5. The van der Waals surface area contributed by atoms with Gasteiger partial charge < -0.3 is 10.1 Å². The van der Waals surface area contributed by atoms with E-state index in [0.717, 1.165) is 16.7 Å². The molecule has 3 nitrogen and oxygen atoms in total. The number of anilines is 1. The third kappa shape index (κ3) is 3.20. The fourth-order valence-electron chi connectivity index (χ4n) is 1.58. The summed E-state index contributed by atoms with van der Waals surface area (Å²) >= 11 is 1.53. The summed E-state index contributed by atoms with van der Waals surface area (Å²) < 4.78 is 5.10. The molecule has 0 radical (unpaired) electrons. The summed E-state index contributed by atoms with van der Waals surface area (Å²) in [6, 6.07) is 10.5. The second-order valence-corrected chi connectivity index (χ2v) is 4.87. The number of benzene rings is 1. The van der Waals surface area contributed by atoms with E-state index in [-0.39, 0.29) is 0 Å². The van der Waals surface area contributed by atoms with Crippen LogP contribution >= 0.6 is 11.3 Å². The van der Waals surface area contributed by atoms with Gasteiger partial charge in [-0.05, 0) is 11.5 Å². The highest BCUT2D eigenvalue weighted by atomic mass is 32.1. The number of hydrogen-bond donors (Lipinski definition) is 1. The van der Waals surface area contributed by atoms with Crippen LogP contribution < -0.4 is 10.1 Å². The Morgan fingerprint density at radius 3 is 2.76 bits per heavy atom. The van der Waals surface area contributed by atoms with Crippen LogP contribution in [0.25, 0.3) is 0 Å². The van der Waals surface area contributed by atoms with E-state index in [1.807, 2.05) is 6.07 Å². The lowest BCUT2D eigenvalue weighted by atomic mass is 10.0. The minimum absolute atomic E-state index is 0.464. The Labute approximate surface area is 105 Å². The van der Waals surface area contributed by atoms with E-state index in [9.17, 15) is 0 Å². The van der Waals surface area contributed by atoms with Gasteiger partial charge in [0, 0.05) is 6.54 Å². The zero-order valence-electron chi connectivity index (χ0n) is 10.0. The van der Waals surface area contributed by atoms with E-state index >= 15 is 0 Å². The van der Waals surface area contributed by atoms with Gasteiger partial charge in [-0.2, -0.15) is 0 Å². The Hall–Kier alpha value is -1.55. The molecule has 0 aliphatic rings. The molecule has 0 bridgehead atoms. The molecule has 0 fully saturated rings. The van der Waals surface area contributed by atoms with Gasteiger partial charge in [0.2, 0.25) is 0 Å². The van der Waals surface area contributed by atoms with Gasteiger partial charge in [0.1, 0.15) is 0 Å².